The van der Waals surface area contributed by atoms with Gasteiger partial charge in [-0.3, -0.25) is 4.79 Å². The monoisotopic (exact) mass is 303 g/mol. The molecule has 0 saturated heterocycles. The van der Waals surface area contributed by atoms with Gasteiger partial charge in [0.25, 0.3) is 0 Å². The Kier molecular flexibility index (Phi) is 4.52. The molecule has 5 heteroatoms. The molecule has 2 rings (SSSR count). The molecule has 22 heavy (non-hydrogen) atoms. The van der Waals surface area contributed by atoms with Gasteiger partial charge in [0, 0.05) is 11.1 Å². The van der Waals surface area contributed by atoms with E-state index in [1.807, 2.05) is 23.5 Å². The number of halogens is 3. The Morgan fingerprint density at radius 2 is 1.73 bits per heavy atom. The molecule has 0 saturated carbocycles. The average molecular weight is 303 g/mol. The first-order valence-electron chi connectivity index (χ1n) is 6.42. The van der Waals surface area contributed by atoms with Gasteiger partial charge in [-0.1, -0.05) is 36.1 Å². The fraction of sp³-hybridized carbons (Fsp3) is 0.118. The number of carbonyl (C=O) groups is 1. The Hall–Kier alpha value is -2.74. The van der Waals surface area contributed by atoms with Crippen LogP contribution in [-0.2, 0) is 4.79 Å². The van der Waals surface area contributed by atoms with E-state index in [1.165, 1.54) is 6.07 Å². The number of nitrogens with one attached hydrogen (secondary N) is 1. The summed E-state index contributed by atoms with van der Waals surface area (Å²) in [5.41, 5.74) is 1.83. The lowest BCUT2D eigenvalue weighted by Gasteiger charge is -2.10. The summed E-state index contributed by atoms with van der Waals surface area (Å²) in [6, 6.07) is 13.8. The van der Waals surface area contributed by atoms with Gasteiger partial charge in [0.2, 0.25) is 0 Å². The van der Waals surface area contributed by atoms with Gasteiger partial charge in [-0.25, -0.2) is 0 Å². The number of amides is 1. The predicted molar refractivity (Wildman–Crippen MR) is 78.3 cm³/mol. The first-order chi connectivity index (χ1) is 10.4. The highest BCUT2D eigenvalue weighted by atomic mass is 19.4. The number of carbonyl (C=O) groups excluding carboxylic acids is 1. The molecule has 0 aliphatic carbocycles. The van der Waals surface area contributed by atoms with Crippen molar-refractivity contribution < 1.29 is 18.0 Å². The van der Waals surface area contributed by atoms with Crippen LogP contribution in [0.5, 0.6) is 0 Å². The zero-order valence-electron chi connectivity index (χ0n) is 11.7. The minimum Gasteiger partial charge on any atom is -0.317 e. The second-order valence-electron chi connectivity index (χ2n) is 4.62. The molecular weight excluding hydrogens is 291 g/mol. The molecule has 1 N–H and O–H groups in total. The number of benzene rings is 2. The lowest BCUT2D eigenvalue weighted by atomic mass is 10.1. The third-order valence-electron chi connectivity index (χ3n) is 2.80. The number of hydrogen-bond acceptors (Lipinski definition) is 1. The highest BCUT2D eigenvalue weighted by Crippen LogP contribution is 2.21. The maximum absolute atomic E-state index is 12.4. The standard InChI is InChI=1S/C17H12F3NO/c1-12-7-9-14(10-8-13-5-3-2-4-6-13)15(11-12)21-16(22)17(18,19)20/h2-7,9,11H,1H3,(H,21,22). The number of anilines is 1. The van der Waals surface area contributed by atoms with E-state index in [-0.39, 0.29) is 5.69 Å². The topological polar surface area (TPSA) is 29.1 Å². The van der Waals surface area contributed by atoms with E-state index in [2.05, 4.69) is 11.8 Å². The molecule has 2 nitrogen and oxygen atoms in total. The third-order valence-corrected chi connectivity index (χ3v) is 2.80. The van der Waals surface area contributed by atoms with E-state index < -0.39 is 12.1 Å². The molecule has 0 heterocycles. The normalized spacial score (nSPS) is 10.5. The second kappa shape index (κ2) is 6.35. The Labute approximate surface area is 126 Å². The van der Waals surface area contributed by atoms with Gasteiger partial charge < -0.3 is 5.32 Å². The SMILES string of the molecule is Cc1ccc(C#Cc2ccccc2)c(NC(=O)C(F)(F)F)c1. The Morgan fingerprint density at radius 3 is 2.36 bits per heavy atom. The lowest BCUT2D eigenvalue weighted by molar-refractivity contribution is -0.167. The summed E-state index contributed by atoms with van der Waals surface area (Å²) in [7, 11) is 0. The fourth-order valence-corrected chi connectivity index (χ4v) is 1.72. The van der Waals surface area contributed by atoms with Gasteiger partial charge in [-0.15, -0.1) is 0 Å². The van der Waals surface area contributed by atoms with Crippen molar-refractivity contribution in [2.45, 2.75) is 13.1 Å². The number of rotatable bonds is 1. The van der Waals surface area contributed by atoms with E-state index in [9.17, 15) is 18.0 Å². The molecular formula is C17H12F3NO. The minimum absolute atomic E-state index is 0.0470. The summed E-state index contributed by atoms with van der Waals surface area (Å²) in [6.07, 6.45) is -4.94. The van der Waals surface area contributed by atoms with Crippen LogP contribution in [0.1, 0.15) is 16.7 Å². The van der Waals surface area contributed by atoms with Gasteiger partial charge >= 0.3 is 12.1 Å². The van der Waals surface area contributed by atoms with Crippen molar-refractivity contribution in [1.82, 2.24) is 0 Å². The van der Waals surface area contributed by atoms with Crippen LogP contribution in [0.15, 0.2) is 48.5 Å². The van der Waals surface area contributed by atoms with Crippen LogP contribution < -0.4 is 5.32 Å². The van der Waals surface area contributed by atoms with Crippen molar-refractivity contribution >= 4 is 11.6 Å². The molecule has 0 fully saturated rings. The van der Waals surface area contributed by atoms with Crippen molar-refractivity contribution in [3.8, 4) is 11.8 Å². The van der Waals surface area contributed by atoms with Crippen molar-refractivity contribution in [1.29, 1.82) is 0 Å². The highest BCUT2D eigenvalue weighted by Gasteiger charge is 2.38. The number of alkyl halides is 3. The van der Waals surface area contributed by atoms with Crippen molar-refractivity contribution in [2.24, 2.45) is 0 Å². The molecule has 2 aromatic rings. The summed E-state index contributed by atoms with van der Waals surface area (Å²) >= 11 is 0. The van der Waals surface area contributed by atoms with Crippen LogP contribution in [0.4, 0.5) is 18.9 Å². The molecule has 0 unspecified atom stereocenters. The van der Waals surface area contributed by atoms with Gasteiger partial charge in [0.1, 0.15) is 0 Å². The van der Waals surface area contributed by atoms with Gasteiger partial charge in [0.15, 0.2) is 0 Å². The average Bonchev–Trinajstić information content (AvgIpc) is 2.46. The minimum atomic E-state index is -4.94. The van der Waals surface area contributed by atoms with E-state index in [4.69, 9.17) is 0 Å². The molecule has 0 bridgehead atoms. The van der Waals surface area contributed by atoms with Crippen LogP contribution >= 0.6 is 0 Å². The predicted octanol–water partition coefficient (Wildman–Crippen LogP) is 3.90. The Bertz CT molecular complexity index is 740. The largest absolute Gasteiger partial charge is 0.471 e. The van der Waals surface area contributed by atoms with Gasteiger partial charge in [-0.2, -0.15) is 13.2 Å². The zero-order valence-corrected chi connectivity index (χ0v) is 11.7. The molecule has 0 atom stereocenters. The Morgan fingerprint density at radius 1 is 1.05 bits per heavy atom. The van der Waals surface area contributed by atoms with E-state index >= 15 is 0 Å². The lowest BCUT2D eigenvalue weighted by Crippen LogP contribution is -2.30. The fourth-order valence-electron chi connectivity index (χ4n) is 1.72. The van der Waals surface area contributed by atoms with Crippen molar-refractivity contribution in [2.75, 3.05) is 5.32 Å². The van der Waals surface area contributed by atoms with Crippen molar-refractivity contribution in [3.05, 3.63) is 65.2 Å². The molecule has 0 aromatic heterocycles. The van der Waals surface area contributed by atoms with Crippen LogP contribution in [-0.4, -0.2) is 12.1 Å². The zero-order chi connectivity index (χ0) is 16.2. The summed E-state index contributed by atoms with van der Waals surface area (Å²) in [4.78, 5) is 11.1. The molecule has 0 aliphatic heterocycles. The summed E-state index contributed by atoms with van der Waals surface area (Å²) < 4.78 is 37.1. The number of hydrogen-bond donors (Lipinski definition) is 1. The maximum atomic E-state index is 12.4. The quantitative estimate of drug-likeness (QED) is 0.796. The second-order valence-corrected chi connectivity index (χ2v) is 4.62. The van der Waals surface area contributed by atoms with E-state index in [1.54, 1.807) is 31.2 Å². The first kappa shape index (κ1) is 15.6. The van der Waals surface area contributed by atoms with Crippen LogP contribution in [0, 0.1) is 18.8 Å². The summed E-state index contributed by atoms with van der Waals surface area (Å²) in [5, 5.41) is 1.86. The molecule has 112 valence electrons. The molecule has 0 radical (unpaired) electrons. The van der Waals surface area contributed by atoms with Crippen LogP contribution in [0.3, 0.4) is 0 Å². The number of aryl methyl sites for hydroxylation is 1. The van der Waals surface area contributed by atoms with Crippen molar-refractivity contribution in [3.63, 3.8) is 0 Å². The van der Waals surface area contributed by atoms with Gasteiger partial charge in [-0.05, 0) is 36.8 Å². The molecule has 1 amide bonds. The van der Waals surface area contributed by atoms with Crippen LogP contribution in [0.25, 0.3) is 0 Å². The summed E-state index contributed by atoms with van der Waals surface area (Å²) in [6.45, 7) is 1.72. The Balaban J connectivity index is 2.33. The van der Waals surface area contributed by atoms with Crippen LogP contribution in [0.2, 0.25) is 0 Å². The van der Waals surface area contributed by atoms with Gasteiger partial charge in [0.05, 0.1) is 5.69 Å². The van der Waals surface area contributed by atoms with E-state index in [0.29, 0.717) is 5.56 Å². The first-order valence-corrected chi connectivity index (χ1v) is 6.42. The summed E-state index contributed by atoms with van der Waals surface area (Å²) in [5.74, 6) is 3.62. The molecule has 0 aliphatic rings. The smallest absolute Gasteiger partial charge is 0.317 e. The molecule has 2 aromatic carbocycles. The highest BCUT2D eigenvalue weighted by molar-refractivity contribution is 5.96. The maximum Gasteiger partial charge on any atom is 0.471 e. The third kappa shape index (κ3) is 4.13. The molecule has 0 spiro atoms. The van der Waals surface area contributed by atoms with E-state index in [0.717, 1.165) is 11.1 Å².